The van der Waals surface area contributed by atoms with Crippen LogP contribution in [-0.2, 0) is 0 Å². The van der Waals surface area contributed by atoms with E-state index in [4.69, 9.17) is 23.2 Å². The minimum Gasteiger partial charge on any atom is -0.406 e. The number of benzene rings is 2. The highest BCUT2D eigenvalue weighted by atomic mass is 35.5. The molecule has 0 fully saturated rings. The van der Waals surface area contributed by atoms with Crippen LogP contribution >= 0.6 is 23.2 Å². The maximum atomic E-state index is 12.6. The summed E-state index contributed by atoms with van der Waals surface area (Å²) in [7, 11) is 0. The van der Waals surface area contributed by atoms with Gasteiger partial charge in [0.25, 0.3) is 0 Å². The minimum atomic E-state index is -4.78. The van der Waals surface area contributed by atoms with Gasteiger partial charge in [-0.2, -0.15) is 4.98 Å². The highest BCUT2D eigenvalue weighted by molar-refractivity contribution is 6.35. The van der Waals surface area contributed by atoms with Gasteiger partial charge in [0, 0.05) is 33.4 Å². The van der Waals surface area contributed by atoms with Crippen LogP contribution in [0.2, 0.25) is 10.0 Å². The summed E-state index contributed by atoms with van der Waals surface area (Å²) >= 11 is 12.1. The predicted molar refractivity (Wildman–Crippen MR) is 113 cm³/mol. The Hall–Kier alpha value is -2.71. The van der Waals surface area contributed by atoms with Crippen LogP contribution in [0.5, 0.6) is 5.75 Å². The van der Waals surface area contributed by atoms with Gasteiger partial charge in [0.1, 0.15) is 11.6 Å². The zero-order chi connectivity index (χ0) is 21.9. The first-order valence-corrected chi connectivity index (χ1v) is 9.58. The van der Waals surface area contributed by atoms with Gasteiger partial charge in [0.15, 0.2) is 0 Å². The lowest BCUT2D eigenvalue weighted by Gasteiger charge is -2.14. The van der Waals surface area contributed by atoms with E-state index in [9.17, 15) is 13.2 Å². The average molecular weight is 457 g/mol. The number of nitrogens with one attached hydrogen (secondary N) is 2. The fourth-order valence-corrected chi connectivity index (χ4v) is 3.13. The second-order valence-corrected chi connectivity index (χ2v) is 7.49. The van der Waals surface area contributed by atoms with Crippen molar-refractivity contribution in [3.8, 4) is 17.0 Å². The molecular weight excluding hydrogens is 440 g/mol. The first-order chi connectivity index (χ1) is 14.1. The Kier molecular flexibility index (Phi) is 6.58. The van der Waals surface area contributed by atoms with Crippen molar-refractivity contribution in [3.05, 3.63) is 58.6 Å². The molecule has 2 N–H and O–H groups in total. The Balaban J connectivity index is 2.00. The van der Waals surface area contributed by atoms with Gasteiger partial charge < -0.3 is 15.4 Å². The van der Waals surface area contributed by atoms with Crippen molar-refractivity contribution in [1.82, 2.24) is 9.97 Å². The summed E-state index contributed by atoms with van der Waals surface area (Å²) in [5.74, 6) is 0.372. The standard InChI is InChI=1S/C20H17Cl2F3N4O/c1-11(2)26-19-28-17(12-4-3-5-16(6-12)30-20(23,24)25)10-18(29-19)27-15-8-13(21)7-14(22)9-15/h3-11H,1-2H3,(H2,26,27,28,29). The molecule has 10 heteroatoms. The third-order valence-corrected chi connectivity index (χ3v) is 4.08. The second-order valence-electron chi connectivity index (χ2n) is 6.62. The lowest BCUT2D eigenvalue weighted by molar-refractivity contribution is -0.274. The number of rotatable bonds is 6. The van der Waals surface area contributed by atoms with Gasteiger partial charge in [-0.3, -0.25) is 0 Å². The smallest absolute Gasteiger partial charge is 0.406 e. The van der Waals surface area contributed by atoms with E-state index in [1.165, 1.54) is 18.2 Å². The van der Waals surface area contributed by atoms with Crippen molar-refractivity contribution in [2.45, 2.75) is 26.3 Å². The summed E-state index contributed by atoms with van der Waals surface area (Å²) in [6.45, 7) is 3.83. The van der Waals surface area contributed by atoms with Gasteiger partial charge in [0.05, 0.1) is 5.69 Å². The summed E-state index contributed by atoms with van der Waals surface area (Å²) in [4.78, 5) is 8.81. The van der Waals surface area contributed by atoms with E-state index >= 15 is 0 Å². The molecule has 0 bridgehead atoms. The molecule has 3 aromatic rings. The number of alkyl halides is 3. The topological polar surface area (TPSA) is 59.1 Å². The largest absolute Gasteiger partial charge is 0.573 e. The molecule has 0 unspecified atom stereocenters. The highest BCUT2D eigenvalue weighted by Crippen LogP contribution is 2.30. The maximum Gasteiger partial charge on any atom is 0.573 e. The first kappa shape index (κ1) is 22.0. The molecule has 2 aromatic carbocycles. The average Bonchev–Trinajstić information content (AvgIpc) is 2.58. The molecule has 158 valence electrons. The first-order valence-electron chi connectivity index (χ1n) is 8.82. The van der Waals surface area contributed by atoms with E-state index in [0.717, 1.165) is 0 Å². The van der Waals surface area contributed by atoms with Crippen molar-refractivity contribution in [2.75, 3.05) is 10.6 Å². The van der Waals surface area contributed by atoms with Gasteiger partial charge in [0.2, 0.25) is 5.95 Å². The van der Waals surface area contributed by atoms with Crippen LogP contribution in [0.1, 0.15) is 13.8 Å². The van der Waals surface area contributed by atoms with E-state index in [2.05, 4.69) is 25.3 Å². The Morgan fingerprint density at radius 3 is 2.30 bits per heavy atom. The predicted octanol–water partition coefficient (Wildman–Crippen LogP) is 6.91. The van der Waals surface area contributed by atoms with Crippen molar-refractivity contribution >= 4 is 40.7 Å². The Labute approximate surface area is 181 Å². The van der Waals surface area contributed by atoms with Gasteiger partial charge in [-0.1, -0.05) is 35.3 Å². The van der Waals surface area contributed by atoms with Crippen LogP contribution in [0.15, 0.2) is 48.5 Å². The molecule has 0 radical (unpaired) electrons. The Bertz CT molecular complexity index is 1020. The van der Waals surface area contributed by atoms with Gasteiger partial charge >= 0.3 is 6.36 Å². The summed E-state index contributed by atoms with van der Waals surface area (Å²) in [5.41, 5.74) is 1.43. The van der Waals surface area contributed by atoms with Crippen LogP contribution in [0.3, 0.4) is 0 Å². The molecule has 1 aromatic heterocycles. The lowest BCUT2D eigenvalue weighted by atomic mass is 10.1. The van der Waals surface area contributed by atoms with Gasteiger partial charge in [-0.25, -0.2) is 4.98 Å². The van der Waals surface area contributed by atoms with Crippen molar-refractivity contribution in [1.29, 1.82) is 0 Å². The summed E-state index contributed by atoms with van der Waals surface area (Å²) < 4.78 is 41.7. The molecule has 3 rings (SSSR count). The highest BCUT2D eigenvalue weighted by Gasteiger charge is 2.31. The minimum absolute atomic E-state index is 0.0358. The zero-order valence-corrected chi connectivity index (χ0v) is 17.4. The number of halogens is 5. The number of ether oxygens (including phenoxy) is 1. The molecular formula is C20H17Cl2F3N4O. The lowest BCUT2D eigenvalue weighted by Crippen LogP contribution is -2.17. The van der Waals surface area contributed by atoms with E-state index in [-0.39, 0.29) is 11.8 Å². The summed E-state index contributed by atoms with van der Waals surface area (Å²) in [5, 5.41) is 7.07. The number of anilines is 3. The van der Waals surface area contributed by atoms with Crippen molar-refractivity contribution < 1.29 is 17.9 Å². The van der Waals surface area contributed by atoms with Crippen LogP contribution in [0, 0.1) is 0 Å². The van der Waals surface area contributed by atoms with E-state index < -0.39 is 6.36 Å². The fourth-order valence-electron chi connectivity index (χ4n) is 2.61. The number of nitrogens with zero attached hydrogens (tertiary/aromatic N) is 2. The zero-order valence-electron chi connectivity index (χ0n) is 15.9. The number of hydrogen-bond acceptors (Lipinski definition) is 5. The SMILES string of the molecule is CC(C)Nc1nc(Nc2cc(Cl)cc(Cl)c2)cc(-c2cccc(OC(F)(F)F)c2)n1. The molecule has 0 saturated carbocycles. The maximum absolute atomic E-state index is 12.6. The third kappa shape index (κ3) is 6.40. The molecule has 0 spiro atoms. The van der Waals surface area contributed by atoms with Crippen LogP contribution < -0.4 is 15.4 Å². The van der Waals surface area contributed by atoms with E-state index in [1.807, 2.05) is 13.8 Å². The molecule has 5 nitrogen and oxygen atoms in total. The fraction of sp³-hybridized carbons (Fsp3) is 0.200. The second kappa shape index (κ2) is 8.97. The molecule has 0 aliphatic carbocycles. The monoisotopic (exact) mass is 456 g/mol. The summed E-state index contributed by atoms with van der Waals surface area (Å²) in [6.07, 6.45) is -4.78. The molecule has 0 aliphatic rings. The molecule has 0 saturated heterocycles. The normalized spacial score (nSPS) is 11.5. The Morgan fingerprint density at radius 2 is 1.67 bits per heavy atom. The molecule has 1 heterocycles. The quantitative estimate of drug-likeness (QED) is 0.421. The number of aromatic nitrogens is 2. The molecule has 0 atom stereocenters. The molecule has 30 heavy (non-hydrogen) atoms. The number of hydrogen-bond donors (Lipinski definition) is 2. The molecule has 0 aliphatic heterocycles. The van der Waals surface area contributed by atoms with E-state index in [0.29, 0.717) is 38.8 Å². The van der Waals surface area contributed by atoms with E-state index in [1.54, 1.807) is 30.3 Å². The van der Waals surface area contributed by atoms with Crippen LogP contribution in [0.4, 0.5) is 30.6 Å². The van der Waals surface area contributed by atoms with Crippen molar-refractivity contribution in [3.63, 3.8) is 0 Å². The third-order valence-electron chi connectivity index (χ3n) is 3.64. The van der Waals surface area contributed by atoms with Crippen LogP contribution in [0.25, 0.3) is 11.3 Å². The van der Waals surface area contributed by atoms with Gasteiger partial charge in [-0.05, 0) is 44.2 Å². The summed E-state index contributed by atoms with van der Waals surface area (Å²) in [6, 6.07) is 12.1. The van der Waals surface area contributed by atoms with Crippen molar-refractivity contribution in [2.24, 2.45) is 0 Å². The van der Waals surface area contributed by atoms with Crippen LogP contribution in [-0.4, -0.2) is 22.4 Å². The Morgan fingerprint density at radius 1 is 0.967 bits per heavy atom. The van der Waals surface area contributed by atoms with Gasteiger partial charge in [-0.15, -0.1) is 13.2 Å². The molecule has 0 amide bonds.